The number of likely N-dealkylation sites (tertiary alicyclic amines) is 1. The average Bonchev–Trinajstić information content (AvgIpc) is 2.10. The molecule has 1 fully saturated rings. The van der Waals surface area contributed by atoms with Crippen LogP contribution in [-0.4, -0.2) is 23.5 Å². The molecule has 1 rings (SSSR count). The van der Waals surface area contributed by atoms with Gasteiger partial charge in [0, 0.05) is 5.54 Å². The Morgan fingerprint density at radius 3 is 1.64 bits per heavy atom. The van der Waals surface area contributed by atoms with Crippen molar-refractivity contribution in [2.24, 2.45) is 0 Å². The second kappa shape index (κ2) is 3.57. The van der Waals surface area contributed by atoms with E-state index in [1.54, 1.807) is 0 Å². The predicted octanol–water partition coefficient (Wildman–Crippen LogP) is 2.66. The summed E-state index contributed by atoms with van der Waals surface area (Å²) in [5.74, 6) is 0. The van der Waals surface area contributed by atoms with Crippen LogP contribution in [0.15, 0.2) is 0 Å². The lowest BCUT2D eigenvalue weighted by atomic mass is 10.1. The lowest BCUT2D eigenvalue weighted by molar-refractivity contribution is 0.142. The van der Waals surface area contributed by atoms with E-state index in [0.29, 0.717) is 5.54 Å². The van der Waals surface area contributed by atoms with E-state index in [-0.39, 0.29) is 0 Å². The Balaban J connectivity index is 2.43. The minimum absolute atomic E-state index is 0.393. The molecule has 1 aliphatic rings. The average molecular weight is 155 g/mol. The summed E-state index contributed by atoms with van der Waals surface area (Å²) in [4.78, 5) is 2.61. The minimum Gasteiger partial charge on any atom is -0.298 e. The Bertz CT molecular complexity index is 105. The van der Waals surface area contributed by atoms with Crippen molar-refractivity contribution >= 4 is 0 Å². The highest BCUT2D eigenvalue weighted by Crippen LogP contribution is 2.18. The molecule has 1 aliphatic heterocycles. The summed E-state index contributed by atoms with van der Waals surface area (Å²) in [5.41, 5.74) is 0.393. The van der Waals surface area contributed by atoms with Gasteiger partial charge in [-0.3, -0.25) is 4.90 Å². The lowest BCUT2D eigenvalue weighted by Crippen LogP contribution is -2.41. The maximum atomic E-state index is 2.61. The van der Waals surface area contributed by atoms with Gasteiger partial charge in [-0.25, -0.2) is 0 Å². The van der Waals surface area contributed by atoms with Crippen LogP contribution in [0.2, 0.25) is 0 Å². The van der Waals surface area contributed by atoms with Crippen molar-refractivity contribution in [2.75, 3.05) is 13.1 Å². The molecule has 0 bridgehead atoms. The maximum absolute atomic E-state index is 2.61. The van der Waals surface area contributed by atoms with Crippen LogP contribution in [0.4, 0.5) is 0 Å². The van der Waals surface area contributed by atoms with Gasteiger partial charge in [0.25, 0.3) is 0 Å². The Morgan fingerprint density at radius 2 is 1.27 bits per heavy atom. The molecule has 66 valence electrons. The van der Waals surface area contributed by atoms with Gasteiger partial charge in [0.2, 0.25) is 0 Å². The maximum Gasteiger partial charge on any atom is 0.0125 e. The van der Waals surface area contributed by atoms with Crippen molar-refractivity contribution in [1.29, 1.82) is 0 Å². The fourth-order valence-electron chi connectivity index (χ4n) is 1.74. The number of hydrogen-bond donors (Lipinski definition) is 0. The molecule has 0 atom stereocenters. The first-order valence-corrected chi connectivity index (χ1v) is 4.86. The number of rotatable bonds is 0. The van der Waals surface area contributed by atoms with Gasteiger partial charge < -0.3 is 0 Å². The van der Waals surface area contributed by atoms with Crippen molar-refractivity contribution in [3.8, 4) is 0 Å². The van der Waals surface area contributed by atoms with E-state index in [1.165, 1.54) is 38.8 Å². The standard InChI is InChI=1S/C10H21N/c1-10(2,3)11-8-6-4-5-7-9-11/h4-9H2,1-3H3. The van der Waals surface area contributed by atoms with Gasteiger partial charge in [-0.05, 0) is 46.7 Å². The van der Waals surface area contributed by atoms with Crippen LogP contribution >= 0.6 is 0 Å². The first-order valence-electron chi connectivity index (χ1n) is 4.86. The fraction of sp³-hybridized carbons (Fsp3) is 1.00. The lowest BCUT2D eigenvalue weighted by Gasteiger charge is -2.34. The predicted molar refractivity (Wildman–Crippen MR) is 49.8 cm³/mol. The Hall–Kier alpha value is -0.0400. The van der Waals surface area contributed by atoms with Crippen molar-refractivity contribution in [2.45, 2.75) is 52.0 Å². The summed E-state index contributed by atoms with van der Waals surface area (Å²) in [6.45, 7) is 9.57. The monoisotopic (exact) mass is 155 g/mol. The van der Waals surface area contributed by atoms with Crippen LogP contribution in [0, 0.1) is 0 Å². The van der Waals surface area contributed by atoms with Crippen molar-refractivity contribution in [1.82, 2.24) is 4.90 Å². The van der Waals surface area contributed by atoms with Crippen LogP contribution in [0.1, 0.15) is 46.5 Å². The zero-order valence-corrected chi connectivity index (χ0v) is 8.19. The van der Waals surface area contributed by atoms with E-state index in [2.05, 4.69) is 25.7 Å². The Kier molecular flexibility index (Phi) is 2.94. The molecule has 0 radical (unpaired) electrons. The molecule has 0 aromatic rings. The van der Waals surface area contributed by atoms with Gasteiger partial charge in [0.15, 0.2) is 0 Å². The van der Waals surface area contributed by atoms with Crippen LogP contribution in [-0.2, 0) is 0 Å². The van der Waals surface area contributed by atoms with Crippen molar-refractivity contribution < 1.29 is 0 Å². The summed E-state index contributed by atoms with van der Waals surface area (Å²) in [5, 5.41) is 0. The van der Waals surface area contributed by atoms with Crippen LogP contribution in [0.25, 0.3) is 0 Å². The van der Waals surface area contributed by atoms with Gasteiger partial charge in [-0.2, -0.15) is 0 Å². The summed E-state index contributed by atoms with van der Waals surface area (Å²) < 4.78 is 0. The third-order valence-corrected chi connectivity index (χ3v) is 2.55. The molecular formula is C10H21N. The SMILES string of the molecule is CC(C)(C)N1CCCCCC1. The van der Waals surface area contributed by atoms with E-state index in [9.17, 15) is 0 Å². The zero-order chi connectivity index (χ0) is 8.32. The molecule has 0 aliphatic carbocycles. The van der Waals surface area contributed by atoms with Crippen LogP contribution < -0.4 is 0 Å². The van der Waals surface area contributed by atoms with E-state index in [0.717, 1.165) is 0 Å². The molecule has 1 heteroatoms. The molecule has 0 N–H and O–H groups in total. The van der Waals surface area contributed by atoms with Gasteiger partial charge in [0.1, 0.15) is 0 Å². The summed E-state index contributed by atoms with van der Waals surface area (Å²) in [6, 6.07) is 0. The second-order valence-corrected chi connectivity index (χ2v) is 4.57. The molecule has 0 spiro atoms. The van der Waals surface area contributed by atoms with E-state index >= 15 is 0 Å². The Labute approximate surface area is 70.8 Å². The molecular weight excluding hydrogens is 134 g/mol. The molecule has 11 heavy (non-hydrogen) atoms. The third kappa shape index (κ3) is 2.82. The van der Waals surface area contributed by atoms with Gasteiger partial charge in [0.05, 0.1) is 0 Å². The highest BCUT2D eigenvalue weighted by atomic mass is 15.2. The van der Waals surface area contributed by atoms with Gasteiger partial charge >= 0.3 is 0 Å². The zero-order valence-electron chi connectivity index (χ0n) is 8.19. The van der Waals surface area contributed by atoms with Crippen molar-refractivity contribution in [3.63, 3.8) is 0 Å². The van der Waals surface area contributed by atoms with Crippen LogP contribution in [0.5, 0.6) is 0 Å². The number of nitrogens with zero attached hydrogens (tertiary/aromatic N) is 1. The van der Waals surface area contributed by atoms with Crippen molar-refractivity contribution in [3.05, 3.63) is 0 Å². The smallest absolute Gasteiger partial charge is 0.0125 e. The molecule has 1 saturated heterocycles. The first kappa shape index (κ1) is 9.05. The quantitative estimate of drug-likeness (QED) is 0.520. The van der Waals surface area contributed by atoms with E-state index < -0.39 is 0 Å². The topological polar surface area (TPSA) is 3.24 Å². The molecule has 0 aromatic carbocycles. The Morgan fingerprint density at radius 1 is 0.818 bits per heavy atom. The highest BCUT2D eigenvalue weighted by molar-refractivity contribution is 4.77. The number of hydrogen-bond acceptors (Lipinski definition) is 1. The van der Waals surface area contributed by atoms with Crippen LogP contribution in [0.3, 0.4) is 0 Å². The molecule has 1 heterocycles. The summed E-state index contributed by atoms with van der Waals surface area (Å²) in [6.07, 6.45) is 5.67. The summed E-state index contributed by atoms with van der Waals surface area (Å²) in [7, 11) is 0. The first-order chi connectivity index (χ1) is 5.11. The minimum atomic E-state index is 0.393. The van der Waals surface area contributed by atoms with E-state index in [1.807, 2.05) is 0 Å². The molecule has 0 unspecified atom stereocenters. The molecule has 0 aromatic heterocycles. The molecule has 0 amide bonds. The molecule has 1 nitrogen and oxygen atoms in total. The summed E-state index contributed by atoms with van der Waals surface area (Å²) >= 11 is 0. The largest absolute Gasteiger partial charge is 0.298 e. The highest BCUT2D eigenvalue weighted by Gasteiger charge is 2.21. The van der Waals surface area contributed by atoms with Gasteiger partial charge in [-0.1, -0.05) is 12.8 Å². The van der Waals surface area contributed by atoms with E-state index in [4.69, 9.17) is 0 Å². The normalized spacial score (nSPS) is 23.2. The second-order valence-electron chi connectivity index (χ2n) is 4.57. The third-order valence-electron chi connectivity index (χ3n) is 2.55. The van der Waals surface area contributed by atoms with Gasteiger partial charge in [-0.15, -0.1) is 0 Å². The molecule has 0 saturated carbocycles. The fourth-order valence-corrected chi connectivity index (χ4v) is 1.74.